The van der Waals surface area contributed by atoms with Gasteiger partial charge in [-0.25, -0.2) is 4.98 Å². The molecule has 0 bridgehead atoms. The lowest BCUT2D eigenvalue weighted by molar-refractivity contribution is -0.125. The van der Waals surface area contributed by atoms with Gasteiger partial charge in [0.05, 0.1) is 7.11 Å². The van der Waals surface area contributed by atoms with Gasteiger partial charge < -0.3 is 4.74 Å². The molecule has 0 aliphatic carbocycles. The standard InChI is InChI=1S/C13H19BrN2O2/c1-6-16(12(17)13(2,3)4)11-10(18-5)7-9(14)8-15-11/h7-8H,6H2,1-5H3. The molecule has 1 aromatic heterocycles. The van der Waals surface area contributed by atoms with Crippen molar-refractivity contribution in [2.75, 3.05) is 18.6 Å². The molecule has 4 nitrogen and oxygen atoms in total. The average Bonchev–Trinajstić information content (AvgIpc) is 2.30. The van der Waals surface area contributed by atoms with Crippen molar-refractivity contribution in [3.8, 4) is 5.75 Å². The lowest BCUT2D eigenvalue weighted by atomic mass is 9.94. The Hall–Kier alpha value is -1.10. The highest BCUT2D eigenvalue weighted by atomic mass is 79.9. The second-order valence-electron chi connectivity index (χ2n) is 4.98. The predicted molar refractivity (Wildman–Crippen MR) is 76.0 cm³/mol. The number of rotatable bonds is 3. The van der Waals surface area contributed by atoms with Crippen molar-refractivity contribution < 1.29 is 9.53 Å². The zero-order valence-electron chi connectivity index (χ0n) is 11.5. The molecule has 0 fully saturated rings. The largest absolute Gasteiger partial charge is 0.493 e. The van der Waals surface area contributed by atoms with Crippen LogP contribution in [-0.2, 0) is 4.79 Å². The number of anilines is 1. The molecule has 0 radical (unpaired) electrons. The molecule has 1 aromatic rings. The Labute approximate surface area is 116 Å². The number of aromatic nitrogens is 1. The van der Waals surface area contributed by atoms with Crippen molar-refractivity contribution in [2.24, 2.45) is 5.41 Å². The van der Waals surface area contributed by atoms with Gasteiger partial charge in [0.1, 0.15) is 0 Å². The van der Waals surface area contributed by atoms with E-state index in [9.17, 15) is 4.79 Å². The van der Waals surface area contributed by atoms with Gasteiger partial charge in [0.25, 0.3) is 0 Å². The normalized spacial score (nSPS) is 11.2. The number of halogens is 1. The van der Waals surface area contributed by atoms with Crippen molar-refractivity contribution >= 4 is 27.7 Å². The molecule has 0 saturated carbocycles. The van der Waals surface area contributed by atoms with Crippen LogP contribution in [0.5, 0.6) is 5.75 Å². The van der Waals surface area contributed by atoms with E-state index < -0.39 is 5.41 Å². The molecule has 0 N–H and O–H groups in total. The van der Waals surface area contributed by atoms with Gasteiger partial charge in [0.15, 0.2) is 11.6 Å². The summed E-state index contributed by atoms with van der Waals surface area (Å²) in [6.07, 6.45) is 1.66. The first-order chi connectivity index (χ1) is 8.31. The van der Waals surface area contributed by atoms with Crippen molar-refractivity contribution in [1.82, 2.24) is 4.98 Å². The minimum Gasteiger partial charge on any atom is -0.493 e. The van der Waals surface area contributed by atoms with Crippen LogP contribution in [0.1, 0.15) is 27.7 Å². The Morgan fingerprint density at radius 3 is 2.56 bits per heavy atom. The fourth-order valence-electron chi connectivity index (χ4n) is 1.56. The number of pyridine rings is 1. The van der Waals surface area contributed by atoms with Crippen LogP contribution in [0.25, 0.3) is 0 Å². The molecule has 0 saturated heterocycles. The highest BCUT2D eigenvalue weighted by Crippen LogP contribution is 2.31. The molecule has 0 atom stereocenters. The van der Waals surface area contributed by atoms with E-state index in [1.165, 1.54) is 0 Å². The summed E-state index contributed by atoms with van der Waals surface area (Å²) < 4.78 is 6.11. The van der Waals surface area contributed by atoms with Gasteiger partial charge in [-0.2, -0.15) is 0 Å². The maximum Gasteiger partial charge on any atom is 0.233 e. The van der Waals surface area contributed by atoms with E-state index in [0.29, 0.717) is 18.1 Å². The van der Waals surface area contributed by atoms with E-state index in [0.717, 1.165) is 4.47 Å². The Bertz CT molecular complexity index is 441. The molecule has 0 aromatic carbocycles. The third-order valence-corrected chi connectivity index (χ3v) is 2.91. The number of hydrogen-bond donors (Lipinski definition) is 0. The molecule has 5 heteroatoms. The van der Waals surface area contributed by atoms with E-state index >= 15 is 0 Å². The maximum atomic E-state index is 12.4. The number of ether oxygens (including phenoxy) is 1. The van der Waals surface area contributed by atoms with Gasteiger partial charge in [-0.15, -0.1) is 0 Å². The van der Waals surface area contributed by atoms with Crippen LogP contribution in [0, 0.1) is 5.41 Å². The van der Waals surface area contributed by atoms with Crippen molar-refractivity contribution in [2.45, 2.75) is 27.7 Å². The zero-order chi connectivity index (χ0) is 13.9. The minimum absolute atomic E-state index is 0.0260. The van der Waals surface area contributed by atoms with Crippen LogP contribution in [0.4, 0.5) is 5.82 Å². The third kappa shape index (κ3) is 3.22. The van der Waals surface area contributed by atoms with E-state index in [-0.39, 0.29) is 5.91 Å². The molecule has 0 aliphatic rings. The van der Waals surface area contributed by atoms with Gasteiger partial charge in [-0.05, 0) is 28.9 Å². The fourth-order valence-corrected chi connectivity index (χ4v) is 1.87. The molecule has 0 unspecified atom stereocenters. The van der Waals surface area contributed by atoms with E-state index in [1.54, 1.807) is 24.3 Å². The predicted octanol–water partition coefficient (Wildman–Crippen LogP) is 3.25. The van der Waals surface area contributed by atoms with Crippen LogP contribution >= 0.6 is 15.9 Å². The van der Waals surface area contributed by atoms with E-state index in [1.807, 2.05) is 27.7 Å². The second kappa shape index (κ2) is 5.69. The summed E-state index contributed by atoms with van der Waals surface area (Å²) in [6, 6.07) is 1.81. The minimum atomic E-state index is -0.449. The smallest absolute Gasteiger partial charge is 0.233 e. The van der Waals surface area contributed by atoms with Crippen LogP contribution in [0.3, 0.4) is 0 Å². The molecular formula is C13H19BrN2O2. The summed E-state index contributed by atoms with van der Waals surface area (Å²) >= 11 is 3.34. The number of nitrogens with zero attached hydrogens (tertiary/aromatic N) is 2. The highest BCUT2D eigenvalue weighted by Gasteiger charge is 2.29. The molecule has 100 valence electrons. The molecule has 0 aliphatic heterocycles. The van der Waals surface area contributed by atoms with Crippen molar-refractivity contribution in [1.29, 1.82) is 0 Å². The Kier molecular flexibility index (Phi) is 4.73. The summed E-state index contributed by atoms with van der Waals surface area (Å²) in [6.45, 7) is 8.16. The first-order valence-electron chi connectivity index (χ1n) is 5.82. The summed E-state index contributed by atoms with van der Waals surface area (Å²) in [5.74, 6) is 1.17. The van der Waals surface area contributed by atoms with Crippen molar-refractivity contribution in [3.05, 3.63) is 16.7 Å². The van der Waals surface area contributed by atoms with Crippen LogP contribution in [0.15, 0.2) is 16.7 Å². The van der Waals surface area contributed by atoms with E-state index in [4.69, 9.17) is 4.74 Å². The summed E-state index contributed by atoms with van der Waals surface area (Å²) in [5.41, 5.74) is -0.449. The van der Waals surface area contributed by atoms with Gasteiger partial charge >= 0.3 is 0 Å². The Morgan fingerprint density at radius 1 is 1.50 bits per heavy atom. The van der Waals surface area contributed by atoms with Crippen LogP contribution in [-0.4, -0.2) is 24.5 Å². The molecule has 1 amide bonds. The lowest BCUT2D eigenvalue weighted by Crippen LogP contribution is -2.40. The zero-order valence-corrected chi connectivity index (χ0v) is 13.0. The molecule has 1 rings (SSSR count). The quantitative estimate of drug-likeness (QED) is 0.860. The lowest BCUT2D eigenvalue weighted by Gasteiger charge is -2.28. The first kappa shape index (κ1) is 15.0. The van der Waals surface area contributed by atoms with Gasteiger partial charge in [-0.3, -0.25) is 9.69 Å². The summed E-state index contributed by atoms with van der Waals surface area (Å²) in [4.78, 5) is 18.3. The highest BCUT2D eigenvalue weighted by molar-refractivity contribution is 9.10. The van der Waals surface area contributed by atoms with Crippen LogP contribution < -0.4 is 9.64 Å². The first-order valence-corrected chi connectivity index (χ1v) is 6.62. The molecule has 18 heavy (non-hydrogen) atoms. The second-order valence-corrected chi connectivity index (χ2v) is 5.89. The number of carbonyl (C=O) groups is 1. The number of hydrogen-bond acceptors (Lipinski definition) is 3. The monoisotopic (exact) mass is 314 g/mol. The SMILES string of the molecule is CCN(C(=O)C(C)(C)C)c1ncc(Br)cc1OC. The number of amides is 1. The van der Waals surface area contributed by atoms with Crippen molar-refractivity contribution in [3.63, 3.8) is 0 Å². The Balaban J connectivity index is 3.21. The third-order valence-electron chi connectivity index (χ3n) is 2.48. The van der Waals surface area contributed by atoms with Gasteiger partial charge in [0.2, 0.25) is 5.91 Å². The van der Waals surface area contributed by atoms with Crippen LogP contribution in [0.2, 0.25) is 0 Å². The maximum absolute atomic E-state index is 12.4. The Morgan fingerprint density at radius 2 is 2.11 bits per heavy atom. The molecular weight excluding hydrogens is 296 g/mol. The number of carbonyl (C=O) groups excluding carboxylic acids is 1. The fraction of sp³-hybridized carbons (Fsp3) is 0.538. The van der Waals surface area contributed by atoms with Gasteiger partial charge in [-0.1, -0.05) is 20.8 Å². The molecule has 0 spiro atoms. The van der Waals surface area contributed by atoms with Gasteiger partial charge in [0, 0.05) is 22.6 Å². The van der Waals surface area contributed by atoms with E-state index in [2.05, 4.69) is 20.9 Å². The summed E-state index contributed by atoms with van der Waals surface area (Å²) in [5, 5.41) is 0. The topological polar surface area (TPSA) is 42.4 Å². The number of methoxy groups -OCH3 is 1. The average molecular weight is 315 g/mol. The molecule has 1 heterocycles. The summed E-state index contributed by atoms with van der Waals surface area (Å²) in [7, 11) is 1.57.